The minimum atomic E-state index is 0. The van der Waals surface area contributed by atoms with Crippen LogP contribution in [0.5, 0.6) is 0 Å². The van der Waals surface area contributed by atoms with E-state index >= 15 is 0 Å². The zero-order valence-corrected chi connectivity index (χ0v) is 15.6. The molecule has 3 N–H and O–H groups in total. The van der Waals surface area contributed by atoms with Crippen LogP contribution < -0.4 is 11.1 Å². The van der Waals surface area contributed by atoms with Crippen LogP contribution in [0.4, 0.5) is 5.69 Å². The molecule has 0 bridgehead atoms. The van der Waals surface area contributed by atoms with Crippen molar-refractivity contribution in [3.05, 3.63) is 47.8 Å². The number of halogens is 1. The number of nitrogens with one attached hydrogen (secondary N) is 1. The average Bonchev–Trinajstić information content (AvgIpc) is 2.85. The van der Waals surface area contributed by atoms with Crippen LogP contribution in [0.15, 0.2) is 41.5 Å². The number of aliphatic imine (C=N–C) groups is 1. The molecule has 1 aromatic heterocycles. The van der Waals surface area contributed by atoms with Gasteiger partial charge in [0.15, 0.2) is 5.96 Å². The van der Waals surface area contributed by atoms with Gasteiger partial charge < -0.3 is 11.1 Å². The molecule has 0 fully saturated rings. The highest BCUT2D eigenvalue weighted by Gasteiger charge is 2.01. The zero-order valence-electron chi connectivity index (χ0n) is 13.3. The number of guanidine groups is 1. The molecule has 0 radical (unpaired) electrons. The third-order valence-electron chi connectivity index (χ3n) is 3.40. The van der Waals surface area contributed by atoms with Crippen molar-refractivity contribution in [2.24, 2.45) is 17.8 Å². The van der Waals surface area contributed by atoms with E-state index in [1.165, 1.54) is 5.56 Å². The number of anilines is 1. The van der Waals surface area contributed by atoms with Gasteiger partial charge in [-0.05, 0) is 29.7 Å². The topological polar surface area (TPSA) is 68.2 Å². The number of nitrogens with zero attached hydrogens (tertiary/aromatic N) is 3. The highest BCUT2D eigenvalue weighted by Crippen LogP contribution is 2.18. The van der Waals surface area contributed by atoms with E-state index in [0.717, 1.165) is 17.8 Å². The Morgan fingerprint density at radius 3 is 2.77 bits per heavy atom. The fourth-order valence-corrected chi connectivity index (χ4v) is 2.10. The van der Waals surface area contributed by atoms with E-state index in [1.54, 1.807) is 6.20 Å². The average molecular weight is 413 g/mol. The van der Waals surface area contributed by atoms with Gasteiger partial charge in [0.05, 0.1) is 0 Å². The molecule has 0 atom stereocenters. The van der Waals surface area contributed by atoms with Crippen LogP contribution in [0.3, 0.4) is 0 Å². The van der Waals surface area contributed by atoms with Crippen LogP contribution in [0.1, 0.15) is 31.0 Å². The van der Waals surface area contributed by atoms with E-state index in [0.29, 0.717) is 18.4 Å². The first-order chi connectivity index (χ1) is 10.1. The number of nitrogens with two attached hydrogens (primary N) is 1. The summed E-state index contributed by atoms with van der Waals surface area (Å²) in [5, 5.41) is 7.27. The highest BCUT2D eigenvalue weighted by molar-refractivity contribution is 14.0. The lowest BCUT2D eigenvalue weighted by Crippen LogP contribution is -2.23. The van der Waals surface area contributed by atoms with Gasteiger partial charge in [0.25, 0.3) is 0 Å². The van der Waals surface area contributed by atoms with Crippen LogP contribution in [-0.2, 0) is 13.5 Å². The number of hydrogen-bond acceptors (Lipinski definition) is 2. The largest absolute Gasteiger partial charge is 0.370 e. The molecule has 0 amide bonds. The summed E-state index contributed by atoms with van der Waals surface area (Å²) in [5.41, 5.74) is 9.33. The highest BCUT2D eigenvalue weighted by atomic mass is 127. The number of benzene rings is 1. The van der Waals surface area contributed by atoms with Gasteiger partial charge in [-0.25, -0.2) is 0 Å². The molecule has 0 spiro atoms. The van der Waals surface area contributed by atoms with Gasteiger partial charge in [-0.2, -0.15) is 5.10 Å². The molecule has 2 aromatic rings. The Balaban J connectivity index is 0.00000242. The van der Waals surface area contributed by atoms with E-state index in [-0.39, 0.29) is 24.0 Å². The van der Waals surface area contributed by atoms with Crippen molar-refractivity contribution in [3.8, 4) is 0 Å². The lowest BCUT2D eigenvalue weighted by Gasteiger charge is -2.10. The number of hydrogen-bond donors (Lipinski definition) is 2. The second-order valence-corrected chi connectivity index (χ2v) is 5.37. The van der Waals surface area contributed by atoms with E-state index in [1.807, 2.05) is 29.9 Å². The Labute approximate surface area is 149 Å². The molecule has 5 nitrogen and oxygen atoms in total. The molecule has 2 rings (SSSR count). The SMILES string of the molecule is CC(C)c1cccc(NC(N)=NCCc2ccnn2C)c1.I. The third kappa shape index (κ3) is 5.32. The standard InChI is InChI=1S/C16H23N5.HI/c1-12(2)13-5-4-6-14(11-13)20-16(17)18-9-7-15-8-10-19-21(15)3;/h4-6,8,10-12H,7,9H2,1-3H3,(H3,17,18,20);1H. The number of aryl methyl sites for hydroxylation is 1. The van der Waals surface area contributed by atoms with Crippen LogP contribution in [0.2, 0.25) is 0 Å². The van der Waals surface area contributed by atoms with Crippen LogP contribution in [0, 0.1) is 0 Å². The predicted octanol–water partition coefficient (Wildman–Crippen LogP) is 3.13. The summed E-state index contributed by atoms with van der Waals surface area (Å²) in [6, 6.07) is 10.2. The molecule has 120 valence electrons. The van der Waals surface area contributed by atoms with Gasteiger partial charge in [-0.3, -0.25) is 9.67 Å². The van der Waals surface area contributed by atoms with Gasteiger partial charge >= 0.3 is 0 Å². The minimum Gasteiger partial charge on any atom is -0.370 e. The zero-order chi connectivity index (χ0) is 15.2. The Kier molecular flexibility index (Phi) is 7.37. The van der Waals surface area contributed by atoms with Gasteiger partial charge in [-0.15, -0.1) is 24.0 Å². The number of aromatic nitrogens is 2. The molecule has 0 aliphatic rings. The van der Waals surface area contributed by atoms with Crippen molar-refractivity contribution in [2.75, 3.05) is 11.9 Å². The molecule has 0 unspecified atom stereocenters. The maximum atomic E-state index is 5.93. The van der Waals surface area contributed by atoms with E-state index in [2.05, 4.69) is 41.4 Å². The van der Waals surface area contributed by atoms with Gasteiger partial charge in [0, 0.05) is 37.6 Å². The minimum absolute atomic E-state index is 0. The Morgan fingerprint density at radius 2 is 2.14 bits per heavy atom. The van der Waals surface area contributed by atoms with Crippen molar-refractivity contribution >= 4 is 35.6 Å². The Morgan fingerprint density at radius 1 is 1.36 bits per heavy atom. The Bertz CT molecular complexity index is 619. The molecule has 6 heteroatoms. The van der Waals surface area contributed by atoms with Crippen LogP contribution >= 0.6 is 24.0 Å². The summed E-state index contributed by atoms with van der Waals surface area (Å²) in [4.78, 5) is 4.35. The van der Waals surface area contributed by atoms with Crippen LogP contribution in [-0.4, -0.2) is 22.3 Å². The van der Waals surface area contributed by atoms with Crippen molar-refractivity contribution in [3.63, 3.8) is 0 Å². The van der Waals surface area contributed by atoms with Crippen molar-refractivity contribution < 1.29 is 0 Å². The molecule has 1 aromatic carbocycles. The fraction of sp³-hybridized carbons (Fsp3) is 0.375. The van der Waals surface area contributed by atoms with Crippen molar-refractivity contribution in [1.82, 2.24) is 9.78 Å². The smallest absolute Gasteiger partial charge is 0.193 e. The van der Waals surface area contributed by atoms with Gasteiger partial charge in [0.1, 0.15) is 0 Å². The summed E-state index contributed by atoms with van der Waals surface area (Å²) in [7, 11) is 1.93. The second-order valence-electron chi connectivity index (χ2n) is 5.37. The van der Waals surface area contributed by atoms with E-state index in [4.69, 9.17) is 5.73 Å². The number of rotatable bonds is 5. The van der Waals surface area contributed by atoms with Crippen LogP contribution in [0.25, 0.3) is 0 Å². The van der Waals surface area contributed by atoms with Crippen molar-refractivity contribution in [1.29, 1.82) is 0 Å². The lowest BCUT2D eigenvalue weighted by molar-refractivity contribution is 0.706. The summed E-state index contributed by atoms with van der Waals surface area (Å²) in [5.74, 6) is 0.938. The molecule has 0 aliphatic heterocycles. The fourth-order valence-electron chi connectivity index (χ4n) is 2.10. The van der Waals surface area contributed by atoms with Gasteiger partial charge in [0.2, 0.25) is 0 Å². The quantitative estimate of drug-likeness (QED) is 0.450. The monoisotopic (exact) mass is 413 g/mol. The summed E-state index contributed by atoms with van der Waals surface area (Å²) in [6.07, 6.45) is 2.61. The summed E-state index contributed by atoms with van der Waals surface area (Å²) >= 11 is 0. The first kappa shape index (κ1) is 18.5. The molecular formula is C16H24IN5. The molecular weight excluding hydrogens is 389 g/mol. The maximum Gasteiger partial charge on any atom is 0.193 e. The maximum absolute atomic E-state index is 5.93. The normalized spacial score (nSPS) is 11.4. The molecule has 0 aliphatic carbocycles. The van der Waals surface area contributed by atoms with E-state index < -0.39 is 0 Å². The van der Waals surface area contributed by atoms with Gasteiger partial charge in [-0.1, -0.05) is 26.0 Å². The third-order valence-corrected chi connectivity index (χ3v) is 3.40. The molecule has 22 heavy (non-hydrogen) atoms. The van der Waals surface area contributed by atoms with E-state index in [9.17, 15) is 0 Å². The summed E-state index contributed by atoms with van der Waals surface area (Å²) in [6.45, 7) is 4.98. The molecule has 0 saturated heterocycles. The molecule has 0 saturated carbocycles. The Hall–Kier alpha value is -1.57. The second kappa shape index (κ2) is 8.77. The molecule has 1 heterocycles. The lowest BCUT2D eigenvalue weighted by atomic mass is 10.0. The summed E-state index contributed by atoms with van der Waals surface area (Å²) < 4.78 is 1.85. The predicted molar refractivity (Wildman–Crippen MR) is 103 cm³/mol. The first-order valence-corrected chi connectivity index (χ1v) is 7.20. The first-order valence-electron chi connectivity index (χ1n) is 7.20. The van der Waals surface area contributed by atoms with Crippen molar-refractivity contribution in [2.45, 2.75) is 26.2 Å².